The summed E-state index contributed by atoms with van der Waals surface area (Å²) >= 11 is 6.79. The average Bonchev–Trinajstić information content (AvgIpc) is 2.28. The van der Waals surface area contributed by atoms with Crippen LogP contribution in [0.3, 0.4) is 0 Å². The Labute approximate surface area is 117 Å². The Morgan fingerprint density at radius 3 is 2.65 bits per heavy atom. The predicted octanol–water partition coefficient (Wildman–Crippen LogP) is 5.02. The third kappa shape index (κ3) is 2.87. The SMILES string of the molecule is Cc1cccc(Oc2ncc(Br)cc2Br)c1C. The first kappa shape index (κ1) is 12.6. The van der Waals surface area contributed by atoms with Gasteiger partial charge in [-0.05, 0) is 69.0 Å². The van der Waals surface area contributed by atoms with Gasteiger partial charge < -0.3 is 4.74 Å². The highest BCUT2D eigenvalue weighted by Crippen LogP contribution is 2.31. The molecule has 17 heavy (non-hydrogen) atoms. The van der Waals surface area contributed by atoms with E-state index in [4.69, 9.17) is 4.74 Å². The van der Waals surface area contributed by atoms with Gasteiger partial charge in [0.15, 0.2) is 0 Å². The number of benzene rings is 1. The van der Waals surface area contributed by atoms with E-state index in [1.165, 1.54) is 5.56 Å². The molecule has 1 heterocycles. The fourth-order valence-corrected chi connectivity index (χ4v) is 2.48. The summed E-state index contributed by atoms with van der Waals surface area (Å²) in [6.45, 7) is 4.10. The van der Waals surface area contributed by atoms with Crippen LogP contribution in [0, 0.1) is 13.8 Å². The van der Waals surface area contributed by atoms with E-state index in [-0.39, 0.29) is 0 Å². The van der Waals surface area contributed by atoms with E-state index in [2.05, 4.69) is 49.8 Å². The zero-order chi connectivity index (χ0) is 12.4. The minimum absolute atomic E-state index is 0.571. The van der Waals surface area contributed by atoms with Crippen molar-refractivity contribution in [1.29, 1.82) is 0 Å². The van der Waals surface area contributed by atoms with Crippen molar-refractivity contribution in [3.05, 3.63) is 50.5 Å². The molecule has 0 aliphatic carbocycles. The first-order chi connectivity index (χ1) is 8.08. The molecule has 0 bridgehead atoms. The molecule has 0 spiro atoms. The summed E-state index contributed by atoms with van der Waals surface area (Å²) < 4.78 is 7.54. The number of aryl methyl sites for hydroxylation is 1. The van der Waals surface area contributed by atoms with E-state index in [0.717, 1.165) is 20.3 Å². The van der Waals surface area contributed by atoms with Gasteiger partial charge in [0.05, 0.1) is 4.47 Å². The molecule has 0 atom stereocenters. The lowest BCUT2D eigenvalue weighted by Gasteiger charge is -2.10. The first-order valence-electron chi connectivity index (χ1n) is 5.13. The van der Waals surface area contributed by atoms with Crippen molar-refractivity contribution < 1.29 is 4.74 Å². The van der Waals surface area contributed by atoms with Gasteiger partial charge in [-0.2, -0.15) is 0 Å². The zero-order valence-electron chi connectivity index (χ0n) is 9.50. The van der Waals surface area contributed by atoms with Gasteiger partial charge in [-0.15, -0.1) is 0 Å². The van der Waals surface area contributed by atoms with E-state index in [1.54, 1.807) is 6.20 Å². The molecule has 2 aromatic rings. The summed E-state index contributed by atoms with van der Waals surface area (Å²) in [7, 11) is 0. The molecule has 1 aromatic carbocycles. The van der Waals surface area contributed by atoms with Crippen LogP contribution in [0.2, 0.25) is 0 Å². The summed E-state index contributed by atoms with van der Waals surface area (Å²) in [6.07, 6.45) is 1.71. The number of hydrogen-bond acceptors (Lipinski definition) is 2. The molecule has 0 radical (unpaired) electrons. The molecule has 0 saturated carbocycles. The molecule has 88 valence electrons. The lowest BCUT2D eigenvalue weighted by Crippen LogP contribution is -1.92. The second kappa shape index (κ2) is 5.19. The Morgan fingerprint density at radius 1 is 1.18 bits per heavy atom. The van der Waals surface area contributed by atoms with Gasteiger partial charge in [0, 0.05) is 10.7 Å². The third-order valence-corrected chi connectivity index (χ3v) is 3.54. The Balaban J connectivity index is 2.35. The molecule has 0 aliphatic rings. The van der Waals surface area contributed by atoms with E-state index in [9.17, 15) is 0 Å². The Hall–Kier alpha value is -0.870. The minimum Gasteiger partial charge on any atom is -0.438 e. The molecule has 0 fully saturated rings. The molecule has 2 rings (SSSR count). The highest BCUT2D eigenvalue weighted by atomic mass is 79.9. The number of aromatic nitrogens is 1. The summed E-state index contributed by atoms with van der Waals surface area (Å²) in [6, 6.07) is 7.89. The number of halogens is 2. The maximum Gasteiger partial charge on any atom is 0.233 e. The van der Waals surface area contributed by atoms with Crippen molar-refractivity contribution in [2.75, 3.05) is 0 Å². The van der Waals surface area contributed by atoms with Crippen molar-refractivity contribution in [3.63, 3.8) is 0 Å². The van der Waals surface area contributed by atoms with E-state index in [1.807, 2.05) is 25.1 Å². The zero-order valence-corrected chi connectivity index (χ0v) is 12.7. The average molecular weight is 357 g/mol. The Kier molecular flexibility index (Phi) is 3.84. The fraction of sp³-hybridized carbons (Fsp3) is 0.154. The smallest absolute Gasteiger partial charge is 0.233 e. The predicted molar refractivity (Wildman–Crippen MR) is 75.6 cm³/mol. The van der Waals surface area contributed by atoms with Gasteiger partial charge in [0.2, 0.25) is 5.88 Å². The Morgan fingerprint density at radius 2 is 1.94 bits per heavy atom. The van der Waals surface area contributed by atoms with Gasteiger partial charge in [-0.1, -0.05) is 12.1 Å². The van der Waals surface area contributed by atoms with E-state index in [0.29, 0.717) is 5.88 Å². The summed E-state index contributed by atoms with van der Waals surface area (Å²) in [5, 5.41) is 0. The van der Waals surface area contributed by atoms with Crippen LogP contribution in [-0.2, 0) is 0 Å². The quantitative estimate of drug-likeness (QED) is 0.754. The molecule has 4 heteroatoms. The number of nitrogens with zero attached hydrogens (tertiary/aromatic N) is 1. The molecule has 0 N–H and O–H groups in total. The number of ether oxygens (including phenoxy) is 1. The minimum atomic E-state index is 0.571. The van der Waals surface area contributed by atoms with Crippen molar-refractivity contribution in [1.82, 2.24) is 4.98 Å². The largest absolute Gasteiger partial charge is 0.438 e. The van der Waals surface area contributed by atoms with Crippen molar-refractivity contribution in [2.24, 2.45) is 0 Å². The maximum absolute atomic E-state index is 5.80. The molecule has 0 amide bonds. The van der Waals surface area contributed by atoms with Crippen LogP contribution < -0.4 is 4.74 Å². The van der Waals surface area contributed by atoms with Gasteiger partial charge in [0.25, 0.3) is 0 Å². The summed E-state index contributed by atoms with van der Waals surface area (Å²) in [4.78, 5) is 4.23. The normalized spacial score (nSPS) is 10.4. The number of hydrogen-bond donors (Lipinski definition) is 0. The van der Waals surface area contributed by atoms with Gasteiger partial charge in [-0.3, -0.25) is 0 Å². The second-order valence-electron chi connectivity index (χ2n) is 3.74. The van der Waals surface area contributed by atoms with E-state index >= 15 is 0 Å². The van der Waals surface area contributed by atoms with Crippen molar-refractivity contribution in [3.8, 4) is 11.6 Å². The first-order valence-corrected chi connectivity index (χ1v) is 6.71. The second-order valence-corrected chi connectivity index (χ2v) is 5.51. The van der Waals surface area contributed by atoms with Crippen LogP contribution in [0.4, 0.5) is 0 Å². The van der Waals surface area contributed by atoms with Gasteiger partial charge >= 0.3 is 0 Å². The Bertz CT molecular complexity index is 555. The highest BCUT2D eigenvalue weighted by Gasteiger charge is 2.07. The van der Waals surface area contributed by atoms with Crippen LogP contribution in [0.25, 0.3) is 0 Å². The topological polar surface area (TPSA) is 22.1 Å². The maximum atomic E-state index is 5.80. The van der Waals surface area contributed by atoms with Gasteiger partial charge in [0.1, 0.15) is 5.75 Å². The lowest BCUT2D eigenvalue weighted by atomic mass is 10.1. The molecule has 0 saturated heterocycles. The monoisotopic (exact) mass is 355 g/mol. The fourth-order valence-electron chi connectivity index (χ4n) is 1.42. The van der Waals surface area contributed by atoms with Crippen LogP contribution in [0.5, 0.6) is 11.6 Å². The number of rotatable bonds is 2. The highest BCUT2D eigenvalue weighted by molar-refractivity contribution is 9.11. The van der Waals surface area contributed by atoms with Crippen LogP contribution >= 0.6 is 31.9 Å². The molecular formula is C13H11Br2NO. The third-order valence-electron chi connectivity index (χ3n) is 2.54. The lowest BCUT2D eigenvalue weighted by molar-refractivity contribution is 0.455. The van der Waals surface area contributed by atoms with Gasteiger partial charge in [-0.25, -0.2) is 4.98 Å². The standard InChI is InChI=1S/C13H11Br2NO/c1-8-4-3-5-12(9(8)2)17-13-11(15)6-10(14)7-16-13/h3-7H,1-2H3. The summed E-state index contributed by atoms with van der Waals surface area (Å²) in [5.74, 6) is 1.41. The number of pyridine rings is 1. The van der Waals surface area contributed by atoms with Crippen LogP contribution in [-0.4, -0.2) is 4.98 Å². The van der Waals surface area contributed by atoms with Crippen molar-refractivity contribution >= 4 is 31.9 Å². The molecular weight excluding hydrogens is 346 g/mol. The van der Waals surface area contributed by atoms with Crippen molar-refractivity contribution in [2.45, 2.75) is 13.8 Å². The van der Waals surface area contributed by atoms with Crippen LogP contribution in [0.15, 0.2) is 39.4 Å². The molecule has 2 nitrogen and oxygen atoms in total. The summed E-state index contributed by atoms with van der Waals surface area (Å²) in [5.41, 5.74) is 2.33. The molecule has 0 unspecified atom stereocenters. The van der Waals surface area contributed by atoms with E-state index < -0.39 is 0 Å². The molecule has 0 aliphatic heterocycles. The molecule has 1 aromatic heterocycles. The van der Waals surface area contributed by atoms with Crippen LogP contribution in [0.1, 0.15) is 11.1 Å².